The fraction of sp³-hybridized carbons (Fsp3) is 0.500. The second-order valence-electron chi connectivity index (χ2n) is 3.35. The van der Waals surface area contributed by atoms with E-state index in [0.717, 1.165) is 5.56 Å². The van der Waals surface area contributed by atoms with Crippen molar-refractivity contribution in [2.24, 2.45) is 0 Å². The molecule has 0 aromatic heterocycles. The molecule has 0 saturated carbocycles. The summed E-state index contributed by atoms with van der Waals surface area (Å²) in [6, 6.07) is 3.73. The summed E-state index contributed by atoms with van der Waals surface area (Å²) >= 11 is 3.37. The van der Waals surface area contributed by atoms with E-state index in [9.17, 15) is 4.39 Å². The van der Waals surface area contributed by atoms with Crippen LogP contribution in [0.2, 0.25) is 0 Å². The number of hydrogen-bond acceptors (Lipinski definition) is 3. The van der Waals surface area contributed by atoms with E-state index in [4.69, 9.17) is 14.2 Å². The zero-order valence-electron chi connectivity index (χ0n) is 9.96. The number of methoxy groups -OCH3 is 2. The quantitative estimate of drug-likeness (QED) is 0.571. The monoisotopic (exact) mass is 306 g/mol. The van der Waals surface area contributed by atoms with Gasteiger partial charge in [0.15, 0.2) is 11.5 Å². The average molecular weight is 307 g/mol. The number of rotatable bonds is 7. The Kier molecular flexibility index (Phi) is 6.11. The first kappa shape index (κ1) is 14.1. The maximum absolute atomic E-state index is 12.0. The summed E-state index contributed by atoms with van der Waals surface area (Å²) in [6.45, 7) is -0.0962. The summed E-state index contributed by atoms with van der Waals surface area (Å²) in [4.78, 5) is 0. The van der Waals surface area contributed by atoms with Crippen LogP contribution >= 0.6 is 15.9 Å². The lowest BCUT2D eigenvalue weighted by Gasteiger charge is -2.15. The standard InChI is InChI=1S/C12H16BrFO3/c1-15-10-6-9(8-13)7-11(16-2)12(10)17-5-3-4-14/h6-7H,3-5,8H2,1-2H3. The molecule has 17 heavy (non-hydrogen) atoms. The van der Waals surface area contributed by atoms with Crippen molar-refractivity contribution in [1.29, 1.82) is 0 Å². The molecule has 1 aromatic rings. The molecule has 0 unspecified atom stereocenters. The Balaban J connectivity index is 2.98. The van der Waals surface area contributed by atoms with Crippen LogP contribution in [0, 0.1) is 0 Å². The van der Waals surface area contributed by atoms with Crippen molar-refractivity contribution < 1.29 is 18.6 Å². The molecule has 0 radical (unpaired) electrons. The molecule has 0 bridgehead atoms. The highest BCUT2D eigenvalue weighted by molar-refractivity contribution is 9.08. The Hall–Kier alpha value is -0.970. The lowest BCUT2D eigenvalue weighted by atomic mass is 10.2. The van der Waals surface area contributed by atoms with Crippen molar-refractivity contribution in [3.8, 4) is 17.2 Å². The van der Waals surface area contributed by atoms with E-state index in [1.54, 1.807) is 14.2 Å². The minimum Gasteiger partial charge on any atom is -0.493 e. The second kappa shape index (κ2) is 7.37. The molecule has 0 amide bonds. The van der Waals surface area contributed by atoms with Crippen molar-refractivity contribution in [2.75, 3.05) is 27.5 Å². The van der Waals surface area contributed by atoms with Crippen LogP contribution in [0.3, 0.4) is 0 Å². The smallest absolute Gasteiger partial charge is 0.203 e. The topological polar surface area (TPSA) is 27.7 Å². The predicted octanol–water partition coefficient (Wildman–Crippen LogP) is 3.34. The van der Waals surface area contributed by atoms with Crippen LogP contribution in [0.4, 0.5) is 4.39 Å². The fourth-order valence-electron chi connectivity index (χ4n) is 1.38. The van der Waals surface area contributed by atoms with Crippen molar-refractivity contribution in [1.82, 2.24) is 0 Å². The van der Waals surface area contributed by atoms with Gasteiger partial charge in [0.1, 0.15) is 0 Å². The van der Waals surface area contributed by atoms with Crippen LogP contribution in [0.15, 0.2) is 12.1 Å². The van der Waals surface area contributed by atoms with Crippen molar-refractivity contribution in [3.63, 3.8) is 0 Å². The lowest BCUT2D eigenvalue weighted by molar-refractivity contribution is 0.258. The minimum absolute atomic E-state index is 0.302. The molecule has 0 heterocycles. The van der Waals surface area contributed by atoms with Gasteiger partial charge in [-0.15, -0.1) is 0 Å². The van der Waals surface area contributed by atoms with E-state index in [2.05, 4.69) is 15.9 Å². The summed E-state index contributed by atoms with van der Waals surface area (Å²) in [5, 5.41) is 0.699. The molecular formula is C12H16BrFO3. The SMILES string of the molecule is COc1cc(CBr)cc(OC)c1OCCCF. The van der Waals surface area contributed by atoms with Crippen LogP contribution in [-0.2, 0) is 5.33 Å². The molecule has 5 heteroatoms. The molecule has 0 aliphatic heterocycles. The van der Waals surface area contributed by atoms with E-state index in [1.807, 2.05) is 12.1 Å². The van der Waals surface area contributed by atoms with Gasteiger partial charge in [-0.25, -0.2) is 0 Å². The van der Waals surface area contributed by atoms with E-state index in [1.165, 1.54) is 0 Å². The maximum atomic E-state index is 12.0. The van der Waals surface area contributed by atoms with E-state index in [-0.39, 0.29) is 0 Å². The van der Waals surface area contributed by atoms with Crippen molar-refractivity contribution in [3.05, 3.63) is 17.7 Å². The largest absolute Gasteiger partial charge is 0.493 e. The summed E-state index contributed by atoms with van der Waals surface area (Å²) < 4.78 is 28.0. The van der Waals surface area contributed by atoms with Gasteiger partial charge in [0.25, 0.3) is 0 Å². The molecule has 1 aromatic carbocycles. The summed E-state index contributed by atoms with van der Waals surface area (Å²) in [5.41, 5.74) is 1.02. The zero-order valence-corrected chi connectivity index (χ0v) is 11.5. The number of benzene rings is 1. The third-order valence-corrected chi connectivity index (χ3v) is 2.85. The first-order chi connectivity index (χ1) is 8.26. The highest BCUT2D eigenvalue weighted by atomic mass is 79.9. The third kappa shape index (κ3) is 3.77. The molecule has 0 aliphatic carbocycles. The number of hydrogen-bond donors (Lipinski definition) is 0. The molecule has 1 rings (SSSR count). The minimum atomic E-state index is -0.399. The zero-order chi connectivity index (χ0) is 12.7. The van der Waals surface area contributed by atoms with Gasteiger partial charge in [0.05, 0.1) is 27.5 Å². The van der Waals surface area contributed by atoms with Crippen LogP contribution < -0.4 is 14.2 Å². The Morgan fingerprint density at radius 3 is 2.18 bits per heavy atom. The summed E-state index contributed by atoms with van der Waals surface area (Å²) in [7, 11) is 3.13. The van der Waals surface area contributed by atoms with Crippen LogP contribution in [0.5, 0.6) is 17.2 Å². The van der Waals surface area contributed by atoms with E-state index >= 15 is 0 Å². The van der Waals surface area contributed by atoms with Gasteiger partial charge >= 0.3 is 0 Å². The van der Waals surface area contributed by atoms with Gasteiger partial charge in [0, 0.05) is 11.8 Å². The van der Waals surface area contributed by atoms with Crippen molar-refractivity contribution in [2.45, 2.75) is 11.8 Å². The van der Waals surface area contributed by atoms with Crippen LogP contribution in [0.25, 0.3) is 0 Å². The normalized spacial score (nSPS) is 10.1. The summed E-state index contributed by atoms with van der Waals surface area (Å²) in [6.07, 6.45) is 0.354. The molecule has 0 spiro atoms. The van der Waals surface area contributed by atoms with Gasteiger partial charge in [-0.1, -0.05) is 15.9 Å². The number of alkyl halides is 2. The Labute approximate surface area is 109 Å². The second-order valence-corrected chi connectivity index (χ2v) is 3.91. The van der Waals surface area contributed by atoms with Crippen LogP contribution in [0.1, 0.15) is 12.0 Å². The Morgan fingerprint density at radius 1 is 1.18 bits per heavy atom. The van der Waals surface area contributed by atoms with Gasteiger partial charge in [-0.3, -0.25) is 4.39 Å². The number of ether oxygens (including phenoxy) is 3. The molecule has 0 N–H and O–H groups in total. The average Bonchev–Trinajstić information content (AvgIpc) is 2.38. The van der Waals surface area contributed by atoms with Crippen molar-refractivity contribution >= 4 is 15.9 Å². The number of halogens is 2. The summed E-state index contributed by atoms with van der Waals surface area (Å²) in [5.74, 6) is 1.71. The predicted molar refractivity (Wildman–Crippen MR) is 68.3 cm³/mol. The highest BCUT2D eigenvalue weighted by Crippen LogP contribution is 2.39. The van der Waals surface area contributed by atoms with Gasteiger partial charge in [-0.05, 0) is 17.7 Å². The third-order valence-electron chi connectivity index (χ3n) is 2.20. The maximum Gasteiger partial charge on any atom is 0.203 e. The molecule has 0 saturated heterocycles. The lowest BCUT2D eigenvalue weighted by Crippen LogP contribution is -2.02. The molecule has 0 atom stereocenters. The highest BCUT2D eigenvalue weighted by Gasteiger charge is 2.13. The molecule has 3 nitrogen and oxygen atoms in total. The first-order valence-electron chi connectivity index (χ1n) is 5.26. The van der Waals surface area contributed by atoms with Gasteiger partial charge in [0.2, 0.25) is 5.75 Å². The fourth-order valence-corrected chi connectivity index (χ4v) is 1.71. The van der Waals surface area contributed by atoms with E-state index in [0.29, 0.717) is 35.6 Å². The van der Waals surface area contributed by atoms with Gasteiger partial charge < -0.3 is 14.2 Å². The Morgan fingerprint density at radius 2 is 1.76 bits per heavy atom. The molecule has 0 fully saturated rings. The molecular weight excluding hydrogens is 291 g/mol. The van der Waals surface area contributed by atoms with Crippen LogP contribution in [-0.4, -0.2) is 27.5 Å². The molecule has 96 valence electrons. The van der Waals surface area contributed by atoms with Gasteiger partial charge in [-0.2, -0.15) is 0 Å². The Bertz CT molecular complexity index is 333. The molecule has 0 aliphatic rings. The van der Waals surface area contributed by atoms with E-state index < -0.39 is 6.67 Å². The first-order valence-corrected chi connectivity index (χ1v) is 6.38.